The van der Waals surface area contributed by atoms with Gasteiger partial charge in [-0.25, -0.2) is 0 Å². The van der Waals surface area contributed by atoms with Crippen molar-refractivity contribution in [2.75, 3.05) is 6.54 Å². The zero-order valence-electron chi connectivity index (χ0n) is 17.7. The minimum absolute atomic E-state index is 0.0276. The third-order valence-corrected chi connectivity index (χ3v) is 6.60. The van der Waals surface area contributed by atoms with Gasteiger partial charge in [-0.1, -0.05) is 59.6 Å². The van der Waals surface area contributed by atoms with E-state index in [-0.39, 0.29) is 5.91 Å². The summed E-state index contributed by atoms with van der Waals surface area (Å²) in [6.45, 7) is 1.14. The summed E-state index contributed by atoms with van der Waals surface area (Å²) in [5, 5.41) is 2.21. The lowest BCUT2D eigenvalue weighted by Crippen LogP contribution is -2.32. The quantitative estimate of drug-likeness (QED) is 0.308. The molecule has 0 unspecified atom stereocenters. The first-order valence-corrected chi connectivity index (χ1v) is 11.7. The number of aromatic nitrogens is 1. The van der Waals surface area contributed by atoms with Crippen molar-refractivity contribution in [2.45, 2.75) is 31.7 Å². The molecular weight excluding hydrogens is 439 g/mol. The number of fused-ring (bicyclic) bond motifs is 1. The van der Waals surface area contributed by atoms with Gasteiger partial charge in [0.05, 0.1) is 11.1 Å². The zero-order valence-corrected chi connectivity index (χ0v) is 19.2. The Hall–Kier alpha value is -2.75. The molecule has 1 saturated carbocycles. The van der Waals surface area contributed by atoms with Crippen molar-refractivity contribution in [2.24, 2.45) is 0 Å². The van der Waals surface area contributed by atoms with Crippen LogP contribution in [-0.4, -0.2) is 22.3 Å². The SMILES string of the molecule is O=C(c1cc(Cl)cc2cc[nH]c12)N(CCc1ccc(Cl)cc1)Cc1ccc(C2CC2)cc1. The van der Waals surface area contributed by atoms with Crippen molar-refractivity contribution in [3.05, 3.63) is 105 Å². The number of hydrogen-bond acceptors (Lipinski definition) is 1. The smallest absolute Gasteiger partial charge is 0.256 e. The fourth-order valence-electron chi connectivity index (χ4n) is 4.17. The highest BCUT2D eigenvalue weighted by Gasteiger charge is 2.24. The van der Waals surface area contributed by atoms with Gasteiger partial charge in [0.25, 0.3) is 5.91 Å². The number of carbonyl (C=O) groups is 1. The third-order valence-electron chi connectivity index (χ3n) is 6.13. The molecule has 162 valence electrons. The summed E-state index contributed by atoms with van der Waals surface area (Å²) in [7, 11) is 0. The molecule has 5 heteroatoms. The van der Waals surface area contributed by atoms with Crippen LogP contribution in [0.25, 0.3) is 10.9 Å². The molecule has 32 heavy (non-hydrogen) atoms. The predicted octanol–water partition coefficient (Wildman–Crippen LogP) is 7.24. The second kappa shape index (κ2) is 9.01. The summed E-state index contributed by atoms with van der Waals surface area (Å²) in [5.41, 5.74) is 5.09. The van der Waals surface area contributed by atoms with Crippen LogP contribution in [0.3, 0.4) is 0 Å². The summed E-state index contributed by atoms with van der Waals surface area (Å²) < 4.78 is 0. The zero-order chi connectivity index (χ0) is 22.1. The number of nitrogens with one attached hydrogen (secondary N) is 1. The average molecular weight is 463 g/mol. The van der Waals surface area contributed by atoms with E-state index in [0.717, 1.165) is 34.4 Å². The molecule has 0 bridgehead atoms. The van der Waals surface area contributed by atoms with Gasteiger partial charge in [0.1, 0.15) is 0 Å². The fraction of sp³-hybridized carbons (Fsp3) is 0.222. The highest BCUT2D eigenvalue weighted by Crippen LogP contribution is 2.40. The number of hydrogen-bond donors (Lipinski definition) is 1. The van der Waals surface area contributed by atoms with Gasteiger partial charge in [-0.15, -0.1) is 0 Å². The van der Waals surface area contributed by atoms with Crippen molar-refractivity contribution in [3.63, 3.8) is 0 Å². The van der Waals surface area contributed by atoms with E-state index >= 15 is 0 Å². The van der Waals surface area contributed by atoms with E-state index in [1.165, 1.54) is 18.4 Å². The van der Waals surface area contributed by atoms with Gasteiger partial charge in [-0.05, 0) is 72.2 Å². The summed E-state index contributed by atoms with van der Waals surface area (Å²) >= 11 is 12.4. The molecule has 3 nitrogen and oxygen atoms in total. The summed E-state index contributed by atoms with van der Waals surface area (Å²) in [6.07, 6.45) is 5.15. The number of H-pyrrole nitrogens is 1. The van der Waals surface area contributed by atoms with Gasteiger partial charge in [0.2, 0.25) is 0 Å². The Balaban J connectivity index is 1.42. The number of benzene rings is 3. The number of nitrogens with zero attached hydrogens (tertiary/aromatic N) is 1. The molecule has 1 aliphatic carbocycles. The van der Waals surface area contributed by atoms with E-state index in [4.69, 9.17) is 23.2 Å². The lowest BCUT2D eigenvalue weighted by Gasteiger charge is -2.24. The summed E-state index contributed by atoms with van der Waals surface area (Å²) in [6, 6.07) is 22.1. The van der Waals surface area contributed by atoms with Crippen molar-refractivity contribution in [3.8, 4) is 0 Å². The molecule has 1 N–H and O–H groups in total. The standard InChI is InChI=1S/C27H24Cl2N2O/c28-23-9-3-18(4-10-23)12-14-31(17-19-1-5-20(6-2-19)21-7-8-21)27(32)25-16-24(29)15-22-11-13-30-26(22)25/h1-6,9-11,13,15-16,21,30H,7-8,12,14,17H2. The fourth-order valence-corrected chi connectivity index (χ4v) is 4.53. The van der Waals surface area contributed by atoms with Crippen LogP contribution >= 0.6 is 23.2 Å². The molecule has 3 aromatic carbocycles. The maximum absolute atomic E-state index is 13.7. The van der Waals surface area contributed by atoms with Crippen molar-refractivity contribution >= 4 is 40.0 Å². The molecule has 0 aliphatic heterocycles. The molecule has 1 heterocycles. The maximum atomic E-state index is 13.7. The molecule has 1 fully saturated rings. The van der Waals surface area contributed by atoms with E-state index in [9.17, 15) is 4.79 Å². The Labute approximate surface area is 198 Å². The van der Waals surface area contributed by atoms with E-state index < -0.39 is 0 Å². The third kappa shape index (κ3) is 4.69. The van der Waals surface area contributed by atoms with Crippen LogP contribution < -0.4 is 0 Å². The first kappa shape index (κ1) is 21.1. The van der Waals surface area contributed by atoms with Gasteiger partial charge in [0, 0.05) is 34.7 Å². The molecule has 1 amide bonds. The second-order valence-corrected chi connectivity index (χ2v) is 9.39. The van der Waals surface area contributed by atoms with Crippen molar-refractivity contribution in [1.82, 2.24) is 9.88 Å². The van der Waals surface area contributed by atoms with E-state index in [1.54, 1.807) is 6.07 Å². The number of halogens is 2. The van der Waals surface area contributed by atoms with Gasteiger partial charge < -0.3 is 9.88 Å². The summed E-state index contributed by atoms with van der Waals surface area (Å²) in [4.78, 5) is 18.8. The molecule has 1 aromatic heterocycles. The second-order valence-electron chi connectivity index (χ2n) is 8.51. The summed E-state index contributed by atoms with van der Waals surface area (Å²) in [5.74, 6) is 0.694. The number of amides is 1. The van der Waals surface area contributed by atoms with Gasteiger partial charge in [0.15, 0.2) is 0 Å². The molecular formula is C27H24Cl2N2O. The Morgan fingerprint density at radius 3 is 2.34 bits per heavy atom. The highest BCUT2D eigenvalue weighted by molar-refractivity contribution is 6.32. The molecule has 0 atom stereocenters. The lowest BCUT2D eigenvalue weighted by molar-refractivity contribution is 0.0747. The highest BCUT2D eigenvalue weighted by atomic mass is 35.5. The Kier molecular flexibility index (Phi) is 5.95. The van der Waals surface area contributed by atoms with Crippen molar-refractivity contribution in [1.29, 1.82) is 0 Å². The van der Waals surface area contributed by atoms with Crippen LogP contribution in [0.15, 0.2) is 72.9 Å². The first-order chi connectivity index (χ1) is 15.6. The van der Waals surface area contributed by atoms with Gasteiger partial charge in [-0.2, -0.15) is 0 Å². The largest absolute Gasteiger partial charge is 0.361 e. The van der Waals surface area contributed by atoms with Gasteiger partial charge in [-0.3, -0.25) is 4.79 Å². The van der Waals surface area contributed by atoms with Crippen LogP contribution in [0.2, 0.25) is 10.0 Å². The maximum Gasteiger partial charge on any atom is 0.256 e. The number of aromatic amines is 1. The molecule has 0 saturated heterocycles. The molecule has 5 rings (SSSR count). The predicted molar refractivity (Wildman–Crippen MR) is 132 cm³/mol. The monoisotopic (exact) mass is 462 g/mol. The molecule has 4 aromatic rings. The Morgan fingerprint density at radius 2 is 1.62 bits per heavy atom. The first-order valence-electron chi connectivity index (χ1n) is 11.0. The topological polar surface area (TPSA) is 36.1 Å². The van der Waals surface area contributed by atoms with Crippen LogP contribution in [0.5, 0.6) is 0 Å². The normalized spacial score (nSPS) is 13.4. The van der Waals surface area contributed by atoms with Crippen LogP contribution in [0.4, 0.5) is 0 Å². The average Bonchev–Trinajstić information content (AvgIpc) is 3.54. The van der Waals surface area contributed by atoms with Crippen LogP contribution in [0.1, 0.15) is 45.8 Å². The van der Waals surface area contributed by atoms with Gasteiger partial charge >= 0.3 is 0 Å². The Morgan fingerprint density at radius 1 is 0.906 bits per heavy atom. The molecule has 0 spiro atoms. The minimum atomic E-state index is -0.0276. The van der Waals surface area contributed by atoms with E-state index in [1.807, 2.05) is 47.5 Å². The Bertz CT molecular complexity index is 1240. The lowest BCUT2D eigenvalue weighted by atomic mass is 10.1. The molecule has 1 aliphatic rings. The number of rotatable bonds is 7. The molecule has 0 radical (unpaired) electrons. The van der Waals surface area contributed by atoms with Crippen molar-refractivity contribution < 1.29 is 4.79 Å². The van der Waals surface area contributed by atoms with E-state index in [0.29, 0.717) is 28.7 Å². The van der Waals surface area contributed by atoms with E-state index in [2.05, 4.69) is 29.2 Å². The van der Waals surface area contributed by atoms with Crippen LogP contribution in [-0.2, 0) is 13.0 Å². The number of carbonyl (C=O) groups excluding carboxylic acids is 1. The van der Waals surface area contributed by atoms with Crippen LogP contribution in [0, 0.1) is 0 Å². The minimum Gasteiger partial charge on any atom is -0.361 e.